The molecule has 0 aliphatic carbocycles. The number of carbonyl (C=O) groups is 1. The van der Waals surface area contributed by atoms with Gasteiger partial charge in [0.2, 0.25) is 0 Å². The molecule has 4 heterocycles. The molecule has 2 aromatic heterocycles. The van der Waals surface area contributed by atoms with Gasteiger partial charge in [-0.2, -0.15) is 0 Å². The number of rotatable bonds is 2. The van der Waals surface area contributed by atoms with Crippen molar-refractivity contribution >= 4 is 34.7 Å². The van der Waals surface area contributed by atoms with Gasteiger partial charge in [0.05, 0.1) is 5.71 Å². The van der Waals surface area contributed by atoms with Gasteiger partial charge in [-0.3, -0.25) is 9.56 Å². The van der Waals surface area contributed by atoms with Crippen LogP contribution in [0.4, 0.5) is 4.79 Å². The molecule has 32 heavy (non-hydrogen) atoms. The number of benzene rings is 1. The number of hydrogen-bond donors (Lipinski definition) is 1. The Labute approximate surface area is 196 Å². The van der Waals surface area contributed by atoms with Gasteiger partial charge >= 0.3 is 6.03 Å². The summed E-state index contributed by atoms with van der Waals surface area (Å²) in [6.45, 7) is 7.69. The number of nitrogens with one attached hydrogen (secondary N) is 1. The number of thiophene rings is 1. The fourth-order valence-electron chi connectivity index (χ4n) is 4.33. The van der Waals surface area contributed by atoms with E-state index in [-0.39, 0.29) is 6.03 Å². The van der Waals surface area contributed by atoms with Crippen LogP contribution >= 0.6 is 22.9 Å². The molecule has 1 aromatic carbocycles. The summed E-state index contributed by atoms with van der Waals surface area (Å²) in [4.78, 5) is 21.2. The summed E-state index contributed by atoms with van der Waals surface area (Å²) < 4.78 is 2.04. The molecule has 5 rings (SSSR count). The molecule has 1 unspecified atom stereocenters. The van der Waals surface area contributed by atoms with E-state index >= 15 is 0 Å². The molecule has 0 radical (unpaired) electrons. The van der Waals surface area contributed by atoms with E-state index in [0.717, 1.165) is 53.6 Å². The summed E-state index contributed by atoms with van der Waals surface area (Å²) in [5, 5.41) is 13.6. The second kappa shape index (κ2) is 8.33. The van der Waals surface area contributed by atoms with Gasteiger partial charge in [0.15, 0.2) is 12.0 Å². The Morgan fingerprint density at radius 2 is 1.81 bits per heavy atom. The first kappa shape index (κ1) is 21.2. The second-order valence-electron chi connectivity index (χ2n) is 8.29. The Hall–Kier alpha value is -2.71. The number of hydrogen-bond acceptors (Lipinski definition) is 5. The van der Waals surface area contributed by atoms with Crippen LogP contribution < -0.4 is 5.32 Å². The molecule has 1 atom stereocenters. The largest absolute Gasteiger partial charge is 0.325 e. The molecular weight excluding hydrogens is 444 g/mol. The third-order valence-electron chi connectivity index (χ3n) is 6.18. The summed E-state index contributed by atoms with van der Waals surface area (Å²) in [6, 6.07) is 7.57. The maximum Gasteiger partial charge on any atom is 0.319 e. The fourth-order valence-corrected chi connectivity index (χ4v) is 5.67. The summed E-state index contributed by atoms with van der Waals surface area (Å²) in [6.07, 6.45) is 2.58. The highest BCUT2D eigenvalue weighted by atomic mass is 35.5. The molecule has 3 aromatic rings. The molecule has 2 aliphatic heterocycles. The minimum Gasteiger partial charge on any atom is -0.325 e. The number of aromatic nitrogens is 3. The quantitative estimate of drug-likeness (QED) is 0.578. The molecule has 1 fully saturated rings. The maximum absolute atomic E-state index is 13.1. The fraction of sp³-hybridized carbons (Fsp3) is 0.391. The predicted molar refractivity (Wildman–Crippen MR) is 127 cm³/mol. The smallest absolute Gasteiger partial charge is 0.319 e. The molecule has 7 nitrogen and oxygen atoms in total. The van der Waals surface area contributed by atoms with Gasteiger partial charge in [-0.1, -0.05) is 23.7 Å². The van der Waals surface area contributed by atoms with Crippen LogP contribution in [0.15, 0.2) is 29.3 Å². The van der Waals surface area contributed by atoms with Crippen LogP contribution in [0.3, 0.4) is 0 Å². The molecule has 2 aliphatic rings. The van der Waals surface area contributed by atoms with Gasteiger partial charge in [-0.25, -0.2) is 4.79 Å². The number of fused-ring (bicyclic) bond motifs is 3. The lowest BCUT2D eigenvalue weighted by molar-refractivity contribution is 0.182. The standard InChI is InChI=1S/C23H25ClN6OS/c1-13-14(2)32-22-18(13)19(16-7-9-17(24)10-8-16)25-20(21-28-27-15(3)30(21)22)26-23(31)29-11-5-4-6-12-29/h7-10,20H,4-6,11-12H2,1-3H3,(H,26,31). The second-order valence-corrected chi connectivity index (χ2v) is 9.93. The van der Waals surface area contributed by atoms with Crippen molar-refractivity contribution in [2.45, 2.75) is 46.2 Å². The summed E-state index contributed by atoms with van der Waals surface area (Å²) in [5.41, 5.74) is 3.99. The Bertz CT molecular complexity index is 1210. The lowest BCUT2D eigenvalue weighted by atomic mass is 10.00. The van der Waals surface area contributed by atoms with Gasteiger partial charge < -0.3 is 10.2 Å². The third kappa shape index (κ3) is 3.61. The van der Waals surface area contributed by atoms with Crippen LogP contribution in [0.2, 0.25) is 5.02 Å². The van der Waals surface area contributed by atoms with Crippen molar-refractivity contribution in [3.05, 3.63) is 62.5 Å². The van der Waals surface area contributed by atoms with Gasteiger partial charge in [0.1, 0.15) is 10.8 Å². The number of nitrogens with zero attached hydrogens (tertiary/aromatic N) is 5. The van der Waals surface area contributed by atoms with E-state index in [1.165, 1.54) is 16.9 Å². The van der Waals surface area contributed by atoms with Gasteiger partial charge in [-0.15, -0.1) is 21.5 Å². The van der Waals surface area contributed by atoms with Crippen LogP contribution in [0.5, 0.6) is 0 Å². The molecular formula is C23H25ClN6OS. The lowest BCUT2D eigenvalue weighted by Crippen LogP contribution is -2.44. The minimum atomic E-state index is -0.643. The Kier molecular flexibility index (Phi) is 5.51. The van der Waals surface area contributed by atoms with Crippen LogP contribution in [0.25, 0.3) is 5.00 Å². The molecule has 1 saturated heterocycles. The van der Waals surface area contributed by atoms with Gasteiger partial charge in [0, 0.05) is 34.1 Å². The average molecular weight is 469 g/mol. The maximum atomic E-state index is 13.1. The SMILES string of the molecule is Cc1sc2c(c1C)C(c1ccc(Cl)cc1)=NC(NC(=O)N1CCCCC1)c1nnc(C)n1-2. The van der Waals surface area contributed by atoms with E-state index in [1.54, 1.807) is 11.3 Å². The van der Waals surface area contributed by atoms with E-state index in [4.69, 9.17) is 16.6 Å². The predicted octanol–water partition coefficient (Wildman–Crippen LogP) is 4.95. The molecule has 1 N–H and O–H groups in total. The van der Waals surface area contributed by atoms with Crippen molar-refractivity contribution in [1.29, 1.82) is 0 Å². The van der Waals surface area contributed by atoms with Crippen molar-refractivity contribution in [3.8, 4) is 5.00 Å². The zero-order chi connectivity index (χ0) is 22.4. The van der Waals surface area contributed by atoms with Crippen LogP contribution in [0.1, 0.15) is 58.6 Å². The Morgan fingerprint density at radius 1 is 1.09 bits per heavy atom. The van der Waals surface area contributed by atoms with E-state index in [2.05, 4.69) is 29.4 Å². The number of aliphatic imine (C=N–C) groups is 1. The van der Waals surface area contributed by atoms with Crippen molar-refractivity contribution in [2.24, 2.45) is 4.99 Å². The van der Waals surface area contributed by atoms with E-state index < -0.39 is 6.17 Å². The molecule has 0 spiro atoms. The topological polar surface area (TPSA) is 75.4 Å². The van der Waals surface area contributed by atoms with E-state index in [0.29, 0.717) is 10.8 Å². The summed E-state index contributed by atoms with van der Waals surface area (Å²) in [5.74, 6) is 1.40. The van der Waals surface area contributed by atoms with Gasteiger partial charge in [0.25, 0.3) is 0 Å². The highest BCUT2D eigenvalue weighted by molar-refractivity contribution is 7.15. The third-order valence-corrected chi connectivity index (χ3v) is 7.62. The number of likely N-dealkylation sites (tertiary alicyclic amines) is 1. The Balaban J connectivity index is 1.66. The van der Waals surface area contributed by atoms with Crippen LogP contribution in [0, 0.1) is 20.8 Å². The van der Waals surface area contributed by atoms with Crippen molar-refractivity contribution < 1.29 is 4.79 Å². The van der Waals surface area contributed by atoms with E-state index in [9.17, 15) is 4.79 Å². The monoisotopic (exact) mass is 468 g/mol. The highest BCUT2D eigenvalue weighted by Gasteiger charge is 2.33. The van der Waals surface area contributed by atoms with E-state index in [1.807, 2.05) is 40.7 Å². The Morgan fingerprint density at radius 3 is 2.53 bits per heavy atom. The molecule has 2 amide bonds. The average Bonchev–Trinajstić information content (AvgIpc) is 3.27. The lowest BCUT2D eigenvalue weighted by Gasteiger charge is -2.28. The molecule has 0 bridgehead atoms. The number of urea groups is 1. The number of carbonyl (C=O) groups excluding carboxylic acids is 1. The first-order valence-electron chi connectivity index (χ1n) is 10.9. The van der Waals surface area contributed by atoms with Crippen molar-refractivity contribution in [3.63, 3.8) is 0 Å². The summed E-state index contributed by atoms with van der Waals surface area (Å²) in [7, 11) is 0. The van der Waals surface area contributed by atoms with Crippen LogP contribution in [-0.2, 0) is 0 Å². The highest BCUT2D eigenvalue weighted by Crippen LogP contribution is 2.38. The van der Waals surface area contributed by atoms with Crippen molar-refractivity contribution in [2.75, 3.05) is 13.1 Å². The molecule has 0 saturated carbocycles. The van der Waals surface area contributed by atoms with Crippen molar-refractivity contribution in [1.82, 2.24) is 25.0 Å². The number of aryl methyl sites for hydroxylation is 2. The summed E-state index contributed by atoms with van der Waals surface area (Å²) >= 11 is 7.85. The van der Waals surface area contributed by atoms with Crippen LogP contribution in [-0.4, -0.2) is 44.5 Å². The zero-order valence-electron chi connectivity index (χ0n) is 18.4. The molecule has 9 heteroatoms. The number of piperidine rings is 1. The normalized spacial score (nSPS) is 17.9. The minimum absolute atomic E-state index is 0.112. The molecule has 166 valence electrons. The number of halogens is 1. The van der Waals surface area contributed by atoms with Gasteiger partial charge in [-0.05, 0) is 57.7 Å². The first-order chi connectivity index (χ1) is 15.4. The number of amides is 2. The zero-order valence-corrected chi connectivity index (χ0v) is 19.9. The first-order valence-corrected chi connectivity index (χ1v) is 12.1.